The number of primary amides is 1. The van der Waals surface area contributed by atoms with Crippen LogP contribution in [0.2, 0.25) is 0 Å². The zero-order valence-electron chi connectivity index (χ0n) is 15.2. The second-order valence-electron chi connectivity index (χ2n) is 6.25. The number of fused-ring (bicyclic) bond motifs is 1. The molecule has 150 valence electrons. The lowest BCUT2D eigenvalue weighted by Crippen LogP contribution is -2.42. The van der Waals surface area contributed by atoms with Crippen molar-refractivity contribution in [1.82, 2.24) is 10.6 Å². The van der Waals surface area contributed by atoms with Gasteiger partial charge in [-0.25, -0.2) is 14.4 Å². The molecule has 0 aliphatic carbocycles. The molecule has 1 heterocycles. The Bertz CT molecular complexity index is 968. The zero-order chi connectivity index (χ0) is 20.8. The number of benzene rings is 1. The molecule has 0 saturated heterocycles. The maximum absolute atomic E-state index is 12.3. The van der Waals surface area contributed by atoms with Gasteiger partial charge in [0.05, 0.1) is 6.42 Å². The largest absolute Gasteiger partial charge is 0.508 e. The predicted octanol–water partition coefficient (Wildman–Crippen LogP) is 0.367. The van der Waals surface area contributed by atoms with Crippen molar-refractivity contribution >= 4 is 28.9 Å². The average molecular weight is 391 g/mol. The Morgan fingerprint density at radius 3 is 2.64 bits per heavy atom. The number of hydrogen-bond donors (Lipinski definition) is 5. The summed E-state index contributed by atoms with van der Waals surface area (Å²) in [5, 5.41) is 24.2. The molecule has 1 aromatic carbocycles. The van der Waals surface area contributed by atoms with Crippen molar-refractivity contribution in [2.75, 3.05) is 6.54 Å². The fourth-order valence-electron chi connectivity index (χ4n) is 2.76. The summed E-state index contributed by atoms with van der Waals surface area (Å²) in [5.74, 6) is -1.86. The van der Waals surface area contributed by atoms with Crippen LogP contribution in [0.5, 0.6) is 5.75 Å². The highest BCUT2D eigenvalue weighted by atomic mass is 16.4. The maximum Gasteiger partial charge on any atom is 0.336 e. The molecule has 6 N–H and O–H groups in total. The molecule has 2 rings (SSSR count). The van der Waals surface area contributed by atoms with E-state index >= 15 is 0 Å². The Kier molecular flexibility index (Phi) is 6.59. The molecular weight excluding hydrogens is 370 g/mol. The predicted molar refractivity (Wildman–Crippen MR) is 99.0 cm³/mol. The standard InChI is InChI=1S/C18H21N3O7/c1-9-13(22)5-4-11-10(8-15(24)28-16(9)11)7-14(23)21-12(17(25)26)3-2-6-20-18(19)27/h4-5,8,12,22H,2-3,6-7H2,1H3,(H,21,23)(H,25,26)(H3,19,20,27)/t12-/m0/s1. The summed E-state index contributed by atoms with van der Waals surface area (Å²) in [6, 6.07) is 2.23. The summed E-state index contributed by atoms with van der Waals surface area (Å²) in [5.41, 5.74) is 5.13. The highest BCUT2D eigenvalue weighted by molar-refractivity contribution is 5.91. The normalized spacial score (nSPS) is 11.8. The van der Waals surface area contributed by atoms with Crippen LogP contribution in [0.15, 0.2) is 27.4 Å². The topological polar surface area (TPSA) is 172 Å². The molecule has 0 aliphatic heterocycles. The molecule has 0 fully saturated rings. The first-order valence-electron chi connectivity index (χ1n) is 8.49. The molecule has 1 atom stereocenters. The third-order valence-corrected chi connectivity index (χ3v) is 4.17. The minimum Gasteiger partial charge on any atom is -0.508 e. The van der Waals surface area contributed by atoms with Crippen molar-refractivity contribution in [3.8, 4) is 5.75 Å². The fraction of sp³-hybridized carbons (Fsp3) is 0.333. The van der Waals surface area contributed by atoms with Crippen molar-refractivity contribution in [3.63, 3.8) is 0 Å². The number of phenols is 1. The van der Waals surface area contributed by atoms with Gasteiger partial charge in [-0.1, -0.05) is 0 Å². The van der Waals surface area contributed by atoms with Gasteiger partial charge >= 0.3 is 17.6 Å². The molecule has 1 aromatic heterocycles. The fourth-order valence-corrected chi connectivity index (χ4v) is 2.76. The van der Waals surface area contributed by atoms with Crippen molar-refractivity contribution in [2.24, 2.45) is 5.73 Å². The van der Waals surface area contributed by atoms with Gasteiger partial charge in [-0.2, -0.15) is 0 Å². The van der Waals surface area contributed by atoms with E-state index in [9.17, 15) is 29.4 Å². The van der Waals surface area contributed by atoms with Gasteiger partial charge in [0, 0.05) is 23.6 Å². The van der Waals surface area contributed by atoms with Gasteiger partial charge in [0.2, 0.25) is 5.91 Å². The molecule has 0 aliphatic rings. The Hall–Kier alpha value is -3.56. The van der Waals surface area contributed by atoms with Gasteiger partial charge in [0.25, 0.3) is 0 Å². The van der Waals surface area contributed by atoms with E-state index in [-0.39, 0.29) is 30.7 Å². The van der Waals surface area contributed by atoms with Gasteiger partial charge < -0.3 is 31.0 Å². The lowest BCUT2D eigenvalue weighted by molar-refractivity contribution is -0.141. The molecule has 0 unspecified atom stereocenters. The molecular formula is C18H21N3O7. The molecule has 0 radical (unpaired) electrons. The van der Waals surface area contributed by atoms with Crippen LogP contribution in [0.25, 0.3) is 11.0 Å². The molecule has 0 spiro atoms. The second kappa shape index (κ2) is 8.89. The van der Waals surface area contributed by atoms with E-state index in [1.54, 1.807) is 6.92 Å². The van der Waals surface area contributed by atoms with Crippen LogP contribution in [0, 0.1) is 6.92 Å². The molecule has 2 aromatic rings. The number of urea groups is 1. The maximum atomic E-state index is 12.3. The number of carbonyl (C=O) groups excluding carboxylic acids is 2. The number of rotatable bonds is 8. The van der Waals surface area contributed by atoms with E-state index in [1.807, 2.05) is 0 Å². The highest BCUT2D eigenvalue weighted by Crippen LogP contribution is 2.27. The van der Waals surface area contributed by atoms with Gasteiger partial charge in [-0.3, -0.25) is 4.79 Å². The molecule has 0 saturated carbocycles. The number of phenolic OH excluding ortho intramolecular Hbond substituents is 1. The van der Waals surface area contributed by atoms with Crippen LogP contribution in [0.1, 0.15) is 24.0 Å². The summed E-state index contributed by atoms with van der Waals surface area (Å²) >= 11 is 0. The van der Waals surface area contributed by atoms with Crippen molar-refractivity contribution in [2.45, 2.75) is 32.2 Å². The van der Waals surface area contributed by atoms with E-state index < -0.39 is 29.6 Å². The van der Waals surface area contributed by atoms with Gasteiger partial charge in [0.1, 0.15) is 17.4 Å². The zero-order valence-corrected chi connectivity index (χ0v) is 15.2. The Morgan fingerprint density at radius 2 is 2.00 bits per heavy atom. The second-order valence-corrected chi connectivity index (χ2v) is 6.25. The Morgan fingerprint density at radius 1 is 1.29 bits per heavy atom. The van der Waals surface area contributed by atoms with E-state index in [0.717, 1.165) is 6.07 Å². The van der Waals surface area contributed by atoms with Crippen molar-refractivity contribution in [3.05, 3.63) is 39.7 Å². The Labute approximate surface area is 159 Å². The quantitative estimate of drug-likeness (QED) is 0.319. The number of aromatic hydroxyl groups is 1. The summed E-state index contributed by atoms with van der Waals surface area (Å²) in [6.45, 7) is 1.76. The van der Waals surface area contributed by atoms with Crippen molar-refractivity contribution in [1.29, 1.82) is 0 Å². The average Bonchev–Trinajstić information content (AvgIpc) is 2.60. The van der Waals surface area contributed by atoms with Crippen LogP contribution in [-0.2, 0) is 16.0 Å². The van der Waals surface area contributed by atoms with Crippen LogP contribution in [-0.4, -0.2) is 40.7 Å². The number of hydrogen-bond acceptors (Lipinski definition) is 6. The first kappa shape index (κ1) is 20.7. The number of aliphatic carboxylic acids is 1. The molecule has 28 heavy (non-hydrogen) atoms. The van der Waals surface area contributed by atoms with E-state index in [2.05, 4.69) is 10.6 Å². The summed E-state index contributed by atoms with van der Waals surface area (Å²) in [6.07, 6.45) is 0.151. The number of carboxylic acids is 1. The number of carbonyl (C=O) groups is 3. The summed E-state index contributed by atoms with van der Waals surface area (Å²) < 4.78 is 5.11. The summed E-state index contributed by atoms with van der Waals surface area (Å²) in [7, 11) is 0. The number of carboxylic acid groups (broad SMARTS) is 1. The molecule has 0 bridgehead atoms. The van der Waals surface area contributed by atoms with Crippen molar-refractivity contribution < 1.29 is 29.0 Å². The molecule has 10 heteroatoms. The summed E-state index contributed by atoms with van der Waals surface area (Å²) in [4.78, 5) is 46.1. The number of amides is 3. The lowest BCUT2D eigenvalue weighted by Gasteiger charge is -2.15. The van der Waals surface area contributed by atoms with Gasteiger partial charge in [-0.05, 0) is 37.5 Å². The molecule has 3 amide bonds. The number of nitrogens with two attached hydrogens (primary N) is 1. The first-order valence-corrected chi connectivity index (χ1v) is 8.49. The van der Waals surface area contributed by atoms with Gasteiger partial charge in [0.15, 0.2) is 0 Å². The lowest BCUT2D eigenvalue weighted by atomic mass is 10.0. The SMILES string of the molecule is Cc1c(O)ccc2c(CC(=O)N[C@@H](CCCNC(N)=O)C(=O)O)cc(=O)oc12. The smallest absolute Gasteiger partial charge is 0.336 e. The highest BCUT2D eigenvalue weighted by Gasteiger charge is 2.21. The third-order valence-electron chi connectivity index (χ3n) is 4.17. The number of aryl methyl sites for hydroxylation is 1. The van der Waals surface area contributed by atoms with E-state index in [1.165, 1.54) is 12.1 Å². The Balaban J connectivity index is 2.13. The monoisotopic (exact) mass is 391 g/mol. The third kappa shape index (κ3) is 5.22. The van der Waals surface area contributed by atoms with Crippen LogP contribution < -0.4 is 22.0 Å². The van der Waals surface area contributed by atoms with Crippen LogP contribution >= 0.6 is 0 Å². The number of nitrogens with one attached hydrogen (secondary N) is 2. The molecule has 10 nitrogen and oxygen atoms in total. The van der Waals surface area contributed by atoms with Gasteiger partial charge in [-0.15, -0.1) is 0 Å². The first-order chi connectivity index (χ1) is 13.2. The van der Waals surface area contributed by atoms with Crippen LogP contribution in [0.4, 0.5) is 4.79 Å². The van der Waals surface area contributed by atoms with E-state index in [0.29, 0.717) is 22.9 Å². The minimum absolute atomic E-state index is 0.0484. The minimum atomic E-state index is -1.22. The van der Waals surface area contributed by atoms with Crippen LogP contribution in [0.3, 0.4) is 0 Å². The van der Waals surface area contributed by atoms with E-state index in [4.69, 9.17) is 10.2 Å².